The van der Waals surface area contributed by atoms with Crippen LogP contribution in [0.3, 0.4) is 0 Å². The largest absolute Gasteiger partial charge is 0.452 e. The number of nitrogens with zero attached hydrogens (tertiary/aromatic N) is 1. The summed E-state index contributed by atoms with van der Waals surface area (Å²) in [5, 5.41) is 2.96. The van der Waals surface area contributed by atoms with Gasteiger partial charge in [-0.1, -0.05) is 26.7 Å². The van der Waals surface area contributed by atoms with E-state index in [1.165, 1.54) is 22.5 Å². The fraction of sp³-hybridized carbons (Fsp3) is 0.619. The molecule has 172 valence electrons. The van der Waals surface area contributed by atoms with E-state index in [0.29, 0.717) is 29.5 Å². The van der Waals surface area contributed by atoms with Crippen LogP contribution in [-0.4, -0.2) is 63.6 Å². The third-order valence-electron chi connectivity index (χ3n) is 6.14. The average Bonchev–Trinajstić information content (AvgIpc) is 2.76. The molecule has 1 aliphatic heterocycles. The molecular weight excluding hydrogens is 488 g/mol. The van der Waals surface area contributed by atoms with Crippen LogP contribution in [0.4, 0.5) is 0 Å². The predicted octanol–water partition coefficient (Wildman–Crippen LogP) is 2.57. The molecule has 0 spiro atoms. The first-order valence-corrected chi connectivity index (χ1v) is 12.8. The standard InChI is InChI=1S/C21H29BrN2O6S/c1-14-4-3-5-18(15(14)2)23-20(25)13-30-21(26)16-6-7-17(22)19(12-16)31(27,28)24-8-10-29-11-9-24/h6-7,12,14-15,18H,3-5,8-11,13H2,1-2H3,(H,23,25). The smallest absolute Gasteiger partial charge is 0.338 e. The molecule has 31 heavy (non-hydrogen) atoms. The summed E-state index contributed by atoms with van der Waals surface area (Å²) in [6.45, 7) is 5.05. The molecule has 10 heteroatoms. The van der Waals surface area contributed by atoms with E-state index >= 15 is 0 Å². The molecule has 1 aliphatic carbocycles. The Hall–Kier alpha value is -1.49. The number of hydrogen-bond acceptors (Lipinski definition) is 6. The second kappa shape index (κ2) is 10.4. The lowest BCUT2D eigenvalue weighted by atomic mass is 9.78. The van der Waals surface area contributed by atoms with Gasteiger partial charge in [-0.25, -0.2) is 13.2 Å². The normalized spacial score (nSPS) is 25.1. The lowest BCUT2D eigenvalue weighted by molar-refractivity contribution is -0.125. The number of hydrogen-bond donors (Lipinski definition) is 1. The maximum atomic E-state index is 13.0. The molecule has 3 unspecified atom stereocenters. The van der Waals surface area contributed by atoms with E-state index in [4.69, 9.17) is 9.47 Å². The monoisotopic (exact) mass is 516 g/mol. The van der Waals surface area contributed by atoms with Crippen LogP contribution in [0.2, 0.25) is 0 Å². The first kappa shape index (κ1) is 24.2. The van der Waals surface area contributed by atoms with Gasteiger partial charge in [0.15, 0.2) is 6.61 Å². The molecule has 2 aliphatic rings. The summed E-state index contributed by atoms with van der Waals surface area (Å²) >= 11 is 3.26. The van der Waals surface area contributed by atoms with E-state index in [0.717, 1.165) is 19.3 Å². The van der Waals surface area contributed by atoms with E-state index in [1.54, 1.807) is 0 Å². The zero-order valence-electron chi connectivity index (χ0n) is 17.8. The van der Waals surface area contributed by atoms with Gasteiger partial charge < -0.3 is 14.8 Å². The molecule has 1 N–H and O–H groups in total. The summed E-state index contributed by atoms with van der Waals surface area (Å²) in [4.78, 5) is 24.7. The zero-order chi connectivity index (χ0) is 22.6. The molecule has 1 aromatic rings. The highest BCUT2D eigenvalue weighted by atomic mass is 79.9. The maximum Gasteiger partial charge on any atom is 0.338 e. The van der Waals surface area contributed by atoms with Crippen molar-refractivity contribution >= 4 is 37.8 Å². The topological polar surface area (TPSA) is 102 Å². The fourth-order valence-corrected chi connectivity index (χ4v) is 6.36. The number of carbonyl (C=O) groups excluding carboxylic acids is 2. The molecule has 1 saturated carbocycles. The Morgan fingerprint density at radius 1 is 1.23 bits per heavy atom. The predicted molar refractivity (Wildman–Crippen MR) is 118 cm³/mol. The van der Waals surface area contributed by atoms with Crippen LogP contribution in [0, 0.1) is 11.8 Å². The SMILES string of the molecule is CC1CCCC(NC(=O)COC(=O)c2ccc(Br)c(S(=O)(=O)N3CCOCC3)c2)C1C. The molecular formula is C21H29BrN2O6S. The van der Waals surface area contributed by atoms with Crippen molar-refractivity contribution in [3.8, 4) is 0 Å². The summed E-state index contributed by atoms with van der Waals surface area (Å²) in [5.41, 5.74) is 0.0718. The van der Waals surface area contributed by atoms with Crippen molar-refractivity contribution in [1.82, 2.24) is 9.62 Å². The van der Waals surface area contributed by atoms with Gasteiger partial charge in [0, 0.05) is 23.6 Å². The maximum absolute atomic E-state index is 13.0. The lowest BCUT2D eigenvalue weighted by Gasteiger charge is -2.34. The molecule has 3 rings (SSSR count). The summed E-state index contributed by atoms with van der Waals surface area (Å²) in [6.07, 6.45) is 3.14. The second-order valence-electron chi connectivity index (χ2n) is 8.18. The van der Waals surface area contributed by atoms with Gasteiger partial charge in [-0.15, -0.1) is 0 Å². The van der Waals surface area contributed by atoms with Crippen molar-refractivity contribution in [2.45, 2.75) is 44.0 Å². The van der Waals surface area contributed by atoms with E-state index in [9.17, 15) is 18.0 Å². The van der Waals surface area contributed by atoms with Crippen molar-refractivity contribution in [2.24, 2.45) is 11.8 Å². The van der Waals surface area contributed by atoms with Crippen LogP contribution in [0.15, 0.2) is 27.6 Å². The van der Waals surface area contributed by atoms with Crippen molar-refractivity contribution in [3.63, 3.8) is 0 Å². The van der Waals surface area contributed by atoms with Crippen molar-refractivity contribution in [1.29, 1.82) is 0 Å². The molecule has 2 fully saturated rings. The van der Waals surface area contributed by atoms with E-state index in [-0.39, 0.29) is 35.5 Å². The first-order chi connectivity index (χ1) is 14.7. The Bertz CT molecular complexity index is 916. The highest BCUT2D eigenvalue weighted by Gasteiger charge is 2.30. The Kier molecular flexibility index (Phi) is 8.12. The third-order valence-corrected chi connectivity index (χ3v) is 9.03. The number of esters is 1. The Labute approximate surface area is 191 Å². The number of amides is 1. The number of halogens is 1. The fourth-order valence-electron chi connectivity index (χ4n) is 4.00. The number of nitrogens with one attached hydrogen (secondary N) is 1. The molecule has 1 heterocycles. The Morgan fingerprint density at radius 2 is 1.94 bits per heavy atom. The molecule has 8 nitrogen and oxygen atoms in total. The Balaban J connectivity index is 1.63. The second-order valence-corrected chi connectivity index (χ2v) is 10.9. The van der Waals surface area contributed by atoms with Crippen LogP contribution in [-0.2, 0) is 24.3 Å². The number of ether oxygens (including phenoxy) is 2. The molecule has 0 aromatic heterocycles. The van der Waals surface area contributed by atoms with Crippen molar-refractivity contribution < 1.29 is 27.5 Å². The molecule has 1 saturated heterocycles. The van der Waals surface area contributed by atoms with Gasteiger partial charge >= 0.3 is 5.97 Å². The molecule has 0 radical (unpaired) electrons. The minimum atomic E-state index is -3.79. The number of rotatable bonds is 6. The highest BCUT2D eigenvalue weighted by molar-refractivity contribution is 9.10. The Morgan fingerprint density at radius 3 is 2.65 bits per heavy atom. The van der Waals surface area contributed by atoms with Gasteiger partial charge in [-0.3, -0.25) is 4.79 Å². The van der Waals surface area contributed by atoms with Gasteiger partial charge in [-0.2, -0.15) is 4.31 Å². The molecule has 0 bridgehead atoms. The van der Waals surface area contributed by atoms with Crippen LogP contribution < -0.4 is 5.32 Å². The third kappa shape index (κ3) is 5.85. The van der Waals surface area contributed by atoms with Gasteiger partial charge in [0.25, 0.3) is 5.91 Å². The van der Waals surface area contributed by atoms with Crippen LogP contribution in [0.25, 0.3) is 0 Å². The summed E-state index contributed by atoms with van der Waals surface area (Å²) in [7, 11) is -3.79. The van der Waals surface area contributed by atoms with Gasteiger partial charge in [0.2, 0.25) is 10.0 Å². The minimum Gasteiger partial charge on any atom is -0.452 e. The zero-order valence-corrected chi connectivity index (χ0v) is 20.2. The molecule has 1 amide bonds. The molecule has 1 aromatic carbocycles. The van der Waals surface area contributed by atoms with Gasteiger partial charge in [0.1, 0.15) is 0 Å². The van der Waals surface area contributed by atoms with E-state index < -0.39 is 22.6 Å². The van der Waals surface area contributed by atoms with Crippen LogP contribution >= 0.6 is 15.9 Å². The van der Waals surface area contributed by atoms with Gasteiger partial charge in [0.05, 0.1) is 23.7 Å². The average molecular weight is 517 g/mol. The van der Waals surface area contributed by atoms with Crippen molar-refractivity contribution in [2.75, 3.05) is 32.9 Å². The minimum absolute atomic E-state index is 0.0154. The number of sulfonamides is 1. The molecule has 3 atom stereocenters. The number of morpholine rings is 1. The van der Waals surface area contributed by atoms with Crippen molar-refractivity contribution in [3.05, 3.63) is 28.2 Å². The summed E-state index contributed by atoms with van der Waals surface area (Å²) in [6, 6.07) is 4.32. The van der Waals surface area contributed by atoms with Gasteiger partial charge in [-0.05, 0) is 52.4 Å². The van der Waals surface area contributed by atoms with E-state index in [2.05, 4.69) is 35.1 Å². The lowest BCUT2D eigenvalue weighted by Crippen LogP contribution is -2.45. The summed E-state index contributed by atoms with van der Waals surface area (Å²) in [5.74, 6) is -0.187. The van der Waals surface area contributed by atoms with Crippen LogP contribution in [0.1, 0.15) is 43.5 Å². The first-order valence-electron chi connectivity index (χ1n) is 10.5. The van der Waals surface area contributed by atoms with Crippen LogP contribution in [0.5, 0.6) is 0 Å². The number of benzene rings is 1. The highest BCUT2D eigenvalue weighted by Crippen LogP contribution is 2.29. The van der Waals surface area contributed by atoms with E-state index in [1.807, 2.05) is 0 Å². The number of carbonyl (C=O) groups is 2. The summed E-state index contributed by atoms with van der Waals surface area (Å²) < 4.78 is 37.9. The quantitative estimate of drug-likeness (QED) is 0.583.